The minimum Gasteiger partial charge on any atom is -0.368 e. The van der Waals surface area contributed by atoms with E-state index in [4.69, 9.17) is 17.3 Å². The molecule has 3 rings (SSSR count). The molecule has 4 N–H and O–H groups in total. The molecule has 1 aliphatic rings. The number of nitrogens with zero attached hydrogens (tertiary/aromatic N) is 3. The Balaban J connectivity index is 1.52. The van der Waals surface area contributed by atoms with Gasteiger partial charge in [-0.1, -0.05) is 24.6 Å². The summed E-state index contributed by atoms with van der Waals surface area (Å²) < 4.78 is 13.7. The fourth-order valence-corrected chi connectivity index (χ4v) is 3.63. The molecule has 9 heteroatoms. The summed E-state index contributed by atoms with van der Waals surface area (Å²) >= 11 is 5.72. The third kappa shape index (κ3) is 5.33. The third-order valence-electron chi connectivity index (χ3n) is 5.01. The van der Waals surface area contributed by atoms with Crippen LogP contribution in [0.4, 0.5) is 15.0 Å². The second-order valence-corrected chi connectivity index (χ2v) is 7.55. The maximum Gasteiger partial charge on any atom is 0.317 e. The van der Waals surface area contributed by atoms with Crippen molar-refractivity contribution in [3.05, 3.63) is 52.2 Å². The van der Waals surface area contributed by atoms with E-state index in [1.54, 1.807) is 17.3 Å². The number of carbonyl (C=O) groups excluding carboxylic acids is 1. The van der Waals surface area contributed by atoms with E-state index < -0.39 is 5.82 Å². The lowest BCUT2D eigenvalue weighted by atomic mass is 10.1. The van der Waals surface area contributed by atoms with Crippen LogP contribution in [0.5, 0.6) is 0 Å². The molecule has 0 spiro atoms. The Morgan fingerprint density at radius 2 is 2.21 bits per heavy atom. The van der Waals surface area contributed by atoms with Gasteiger partial charge in [0, 0.05) is 44.0 Å². The molecule has 1 heterocycles. The average molecular weight is 421 g/mol. The lowest BCUT2D eigenvalue weighted by Gasteiger charge is -2.23. The number of urea groups is 1. The van der Waals surface area contributed by atoms with Crippen LogP contribution in [0.25, 0.3) is 0 Å². The fraction of sp³-hybridized carbons (Fsp3) is 0.450. The molecule has 0 unspecified atom stereocenters. The number of anilines is 1. The zero-order valence-electron chi connectivity index (χ0n) is 16.4. The van der Waals surface area contributed by atoms with Crippen molar-refractivity contribution >= 4 is 23.4 Å². The highest BCUT2D eigenvalue weighted by atomic mass is 35.5. The zero-order valence-corrected chi connectivity index (χ0v) is 17.2. The van der Waals surface area contributed by atoms with E-state index in [2.05, 4.69) is 27.5 Å². The van der Waals surface area contributed by atoms with Gasteiger partial charge in [-0.15, -0.1) is 0 Å². The van der Waals surface area contributed by atoms with Crippen molar-refractivity contribution in [3.8, 4) is 0 Å². The Hall–Kier alpha value is -2.45. The van der Waals surface area contributed by atoms with Crippen molar-refractivity contribution in [3.63, 3.8) is 0 Å². The Bertz CT molecular complexity index is 865. The Morgan fingerprint density at radius 1 is 1.38 bits per heavy atom. The van der Waals surface area contributed by atoms with Gasteiger partial charge in [0.1, 0.15) is 18.0 Å². The first-order chi connectivity index (χ1) is 14.0. The van der Waals surface area contributed by atoms with Gasteiger partial charge in [0.15, 0.2) is 0 Å². The molecule has 29 heavy (non-hydrogen) atoms. The largest absolute Gasteiger partial charge is 0.368 e. The van der Waals surface area contributed by atoms with Crippen LogP contribution < -0.4 is 16.4 Å². The first-order valence-corrected chi connectivity index (χ1v) is 10.1. The van der Waals surface area contributed by atoms with Crippen molar-refractivity contribution in [2.75, 3.05) is 31.5 Å². The average Bonchev–Trinajstić information content (AvgIpc) is 3.09. The van der Waals surface area contributed by atoms with Crippen LogP contribution in [-0.2, 0) is 13.0 Å². The second kappa shape index (κ2) is 9.84. The van der Waals surface area contributed by atoms with Crippen molar-refractivity contribution < 1.29 is 9.18 Å². The number of fused-ring (bicyclic) bond motifs is 1. The van der Waals surface area contributed by atoms with Crippen molar-refractivity contribution in [2.45, 2.75) is 32.2 Å². The topological polar surface area (TPSA) is 96.2 Å². The molecule has 0 saturated heterocycles. The molecule has 156 valence electrons. The Kier molecular flexibility index (Phi) is 7.22. The number of hydrogen-bond acceptors (Lipinski definition) is 5. The summed E-state index contributed by atoms with van der Waals surface area (Å²) in [6.07, 6.45) is 3.63. The lowest BCUT2D eigenvalue weighted by Crippen LogP contribution is -2.43. The normalized spacial score (nSPS) is 15.1. The first-order valence-electron chi connectivity index (χ1n) is 9.74. The molecule has 7 nitrogen and oxygen atoms in total. The van der Waals surface area contributed by atoms with Gasteiger partial charge in [-0.3, -0.25) is 0 Å². The maximum absolute atomic E-state index is 13.7. The van der Waals surface area contributed by atoms with Gasteiger partial charge in [-0.25, -0.2) is 19.2 Å². The first kappa shape index (κ1) is 21.3. The van der Waals surface area contributed by atoms with E-state index in [-0.39, 0.29) is 17.6 Å². The number of aromatic nitrogens is 2. The number of amides is 2. The van der Waals surface area contributed by atoms with Gasteiger partial charge in [-0.2, -0.15) is 0 Å². The highest BCUT2D eigenvalue weighted by molar-refractivity contribution is 6.30. The molecule has 0 saturated carbocycles. The monoisotopic (exact) mass is 420 g/mol. The van der Waals surface area contributed by atoms with Crippen LogP contribution in [0.2, 0.25) is 5.02 Å². The third-order valence-corrected chi connectivity index (χ3v) is 5.32. The quantitative estimate of drug-likeness (QED) is 0.570. The summed E-state index contributed by atoms with van der Waals surface area (Å²) in [4.78, 5) is 22.8. The molecule has 1 aliphatic carbocycles. The molecule has 0 bridgehead atoms. The van der Waals surface area contributed by atoms with Gasteiger partial charge in [-0.05, 0) is 36.5 Å². The molecule has 1 aromatic carbocycles. The van der Waals surface area contributed by atoms with E-state index >= 15 is 0 Å². The number of nitrogens with two attached hydrogens (primary N) is 1. The van der Waals surface area contributed by atoms with Crippen LogP contribution >= 0.6 is 11.6 Å². The summed E-state index contributed by atoms with van der Waals surface area (Å²) in [5.74, 6) is 0.765. The maximum atomic E-state index is 13.7. The highest BCUT2D eigenvalue weighted by Crippen LogP contribution is 2.35. The minimum atomic E-state index is -0.506. The van der Waals surface area contributed by atoms with Crippen LogP contribution in [0.3, 0.4) is 0 Å². The number of rotatable bonds is 8. The second-order valence-electron chi connectivity index (χ2n) is 7.14. The predicted molar refractivity (Wildman–Crippen MR) is 112 cm³/mol. The van der Waals surface area contributed by atoms with E-state index in [1.165, 1.54) is 17.7 Å². The number of benzene rings is 1. The smallest absolute Gasteiger partial charge is 0.317 e. The number of aryl methyl sites for hydroxylation is 1. The number of hydrogen-bond donors (Lipinski definition) is 3. The van der Waals surface area contributed by atoms with Gasteiger partial charge in [0.05, 0.1) is 5.02 Å². The molecule has 2 aromatic rings. The lowest BCUT2D eigenvalue weighted by molar-refractivity contribution is 0.197. The van der Waals surface area contributed by atoms with E-state index in [1.807, 2.05) is 0 Å². The Morgan fingerprint density at radius 3 is 2.97 bits per heavy atom. The fourth-order valence-electron chi connectivity index (χ4n) is 3.52. The van der Waals surface area contributed by atoms with Gasteiger partial charge in [0.2, 0.25) is 0 Å². The van der Waals surface area contributed by atoms with E-state index in [0.717, 1.165) is 24.4 Å². The van der Waals surface area contributed by atoms with Crippen molar-refractivity contribution in [2.24, 2.45) is 5.73 Å². The minimum absolute atomic E-state index is 0.0557. The molecule has 1 aromatic heterocycles. The summed E-state index contributed by atoms with van der Waals surface area (Å²) in [6, 6.07) is 4.25. The van der Waals surface area contributed by atoms with Gasteiger partial charge >= 0.3 is 6.03 Å². The van der Waals surface area contributed by atoms with Crippen LogP contribution in [0.1, 0.15) is 36.1 Å². The Labute approximate surface area is 174 Å². The van der Waals surface area contributed by atoms with Crippen LogP contribution in [0, 0.1) is 5.82 Å². The van der Waals surface area contributed by atoms with E-state index in [9.17, 15) is 9.18 Å². The summed E-state index contributed by atoms with van der Waals surface area (Å²) in [5.41, 5.74) is 8.55. The number of carbonyl (C=O) groups is 1. The summed E-state index contributed by atoms with van der Waals surface area (Å²) in [5, 5.41) is 6.22. The van der Waals surface area contributed by atoms with Gasteiger partial charge < -0.3 is 21.3 Å². The predicted octanol–water partition coefficient (Wildman–Crippen LogP) is 2.90. The number of halogens is 2. The van der Waals surface area contributed by atoms with Crippen LogP contribution in [0.15, 0.2) is 24.5 Å². The molecule has 1 atom stereocenters. The highest BCUT2D eigenvalue weighted by Gasteiger charge is 2.23. The molecule has 2 amide bonds. The van der Waals surface area contributed by atoms with Crippen LogP contribution in [-0.4, -0.2) is 47.1 Å². The summed E-state index contributed by atoms with van der Waals surface area (Å²) in [6.45, 7) is 4.05. The molecule has 0 fully saturated rings. The van der Waals surface area contributed by atoms with Crippen molar-refractivity contribution in [1.82, 2.24) is 20.2 Å². The molecule has 0 aliphatic heterocycles. The number of nitrogens with one attached hydrogen (secondary N) is 2. The van der Waals surface area contributed by atoms with E-state index in [0.29, 0.717) is 37.7 Å². The SMILES string of the molecule is C[C@@H]1CCc2ncnc(NCCNC(=O)N(CCN)Cc3ccc(Cl)c(F)c3)c21. The zero-order chi connectivity index (χ0) is 20.8. The molecule has 0 radical (unpaired) electrons. The van der Waals surface area contributed by atoms with Crippen molar-refractivity contribution in [1.29, 1.82) is 0 Å². The standard InChI is InChI=1S/C20H26ClFN6O/c1-13-2-5-17-18(13)19(27-12-26-17)24-7-8-25-20(29)28(9-6-23)11-14-3-4-15(21)16(22)10-14/h3-4,10,12-13H,2,5-9,11,23H2,1H3,(H,25,29)(H,24,26,27)/t13-/m1/s1. The summed E-state index contributed by atoms with van der Waals surface area (Å²) in [7, 11) is 0. The van der Waals surface area contributed by atoms with Gasteiger partial charge in [0.25, 0.3) is 0 Å². The molecular weight excluding hydrogens is 395 g/mol. The molecular formula is C20H26ClFN6O.